The average molecular weight is 362 g/mol. The third-order valence-corrected chi connectivity index (χ3v) is 4.76. The first-order chi connectivity index (χ1) is 12.3. The fourth-order valence-corrected chi connectivity index (χ4v) is 2.99. The van der Waals surface area contributed by atoms with E-state index in [2.05, 4.69) is 13.8 Å². The molecule has 2 atom stereocenters. The Balaban J connectivity index is 2.12. The molecule has 0 aromatic heterocycles. The lowest BCUT2D eigenvalue weighted by Crippen LogP contribution is -2.14. The van der Waals surface area contributed by atoms with E-state index in [1.165, 1.54) is 26.4 Å². The summed E-state index contributed by atoms with van der Waals surface area (Å²) < 4.78 is 10.2. The monoisotopic (exact) mass is 362 g/mol. The van der Waals surface area contributed by atoms with Gasteiger partial charge in [0.05, 0.1) is 14.2 Å². The Morgan fingerprint density at radius 1 is 0.692 bits per heavy atom. The Kier molecular flexibility index (Phi) is 6.08. The lowest BCUT2D eigenvalue weighted by Gasteiger charge is -2.21. The number of methoxy groups -OCH3 is 2. The number of ether oxygens (including phenoxy) is 2. The molecular weight excluding hydrogens is 336 g/mol. The van der Waals surface area contributed by atoms with E-state index in [1.54, 1.807) is 12.1 Å². The summed E-state index contributed by atoms with van der Waals surface area (Å²) >= 11 is 0. The van der Waals surface area contributed by atoms with Crippen LogP contribution < -0.4 is 9.47 Å². The van der Waals surface area contributed by atoms with Gasteiger partial charge in [0.15, 0.2) is 23.0 Å². The smallest absolute Gasteiger partial charge is 0.200 e. The lowest BCUT2D eigenvalue weighted by atomic mass is 9.85. The van der Waals surface area contributed by atoms with Crippen molar-refractivity contribution in [2.75, 3.05) is 14.2 Å². The molecule has 0 radical (unpaired) electrons. The molecule has 0 aliphatic carbocycles. The van der Waals surface area contributed by atoms with Gasteiger partial charge in [0.25, 0.3) is 0 Å². The Morgan fingerprint density at radius 3 is 1.35 bits per heavy atom. The summed E-state index contributed by atoms with van der Waals surface area (Å²) in [6.07, 6.45) is 1.37. The summed E-state index contributed by atoms with van der Waals surface area (Å²) in [5.74, 6) is 0.0734. The fourth-order valence-electron chi connectivity index (χ4n) is 2.99. The van der Waals surface area contributed by atoms with Crippen molar-refractivity contribution in [3.8, 4) is 34.5 Å². The molecule has 0 heterocycles. The second-order valence-electron chi connectivity index (χ2n) is 6.69. The molecule has 0 spiro atoms. The van der Waals surface area contributed by atoms with Gasteiger partial charge in [-0.25, -0.2) is 0 Å². The quantitative estimate of drug-likeness (QED) is 0.562. The summed E-state index contributed by atoms with van der Waals surface area (Å²) in [6.45, 7) is 4.19. The fraction of sp³-hybridized carbons (Fsp3) is 0.400. The third-order valence-electron chi connectivity index (χ3n) is 4.76. The average Bonchev–Trinajstić information content (AvgIpc) is 2.60. The summed E-state index contributed by atoms with van der Waals surface area (Å²) in [4.78, 5) is 0. The number of hydrogen-bond donors (Lipinski definition) is 4. The van der Waals surface area contributed by atoms with E-state index in [9.17, 15) is 20.4 Å². The van der Waals surface area contributed by atoms with Crippen LogP contribution in [0.4, 0.5) is 0 Å². The molecule has 6 heteroatoms. The third kappa shape index (κ3) is 4.25. The first-order valence-corrected chi connectivity index (χ1v) is 8.44. The lowest BCUT2D eigenvalue weighted by molar-refractivity contribution is 0.344. The highest BCUT2D eigenvalue weighted by Crippen LogP contribution is 2.39. The van der Waals surface area contributed by atoms with Crippen LogP contribution in [0.15, 0.2) is 24.3 Å². The van der Waals surface area contributed by atoms with Gasteiger partial charge in [-0.05, 0) is 60.1 Å². The van der Waals surface area contributed by atoms with Crippen molar-refractivity contribution in [1.29, 1.82) is 0 Å². The van der Waals surface area contributed by atoms with Crippen molar-refractivity contribution in [2.24, 2.45) is 11.8 Å². The van der Waals surface area contributed by atoms with Gasteiger partial charge >= 0.3 is 0 Å². The molecule has 0 aliphatic heterocycles. The molecule has 26 heavy (non-hydrogen) atoms. The topological polar surface area (TPSA) is 99.4 Å². The first-order valence-electron chi connectivity index (χ1n) is 8.44. The minimum atomic E-state index is -0.261. The number of benzene rings is 2. The van der Waals surface area contributed by atoms with E-state index in [0.29, 0.717) is 12.8 Å². The van der Waals surface area contributed by atoms with Crippen LogP contribution in [-0.2, 0) is 12.8 Å². The van der Waals surface area contributed by atoms with Crippen molar-refractivity contribution in [3.05, 3.63) is 35.4 Å². The van der Waals surface area contributed by atoms with Crippen molar-refractivity contribution >= 4 is 0 Å². The van der Waals surface area contributed by atoms with Gasteiger partial charge in [0.2, 0.25) is 11.5 Å². The standard InChI is InChI=1S/C20H26O6/c1-11(5-13-7-15(21)19(23)17(9-13)25-3)12(2)6-14-8-16(22)20(24)18(10-14)26-4/h7-12,21-24H,5-6H2,1-4H3/t11-,12+. The maximum Gasteiger partial charge on any atom is 0.200 e. The van der Waals surface area contributed by atoms with Gasteiger partial charge in [-0.2, -0.15) is 0 Å². The Bertz CT molecular complexity index is 706. The molecule has 0 saturated carbocycles. The molecule has 2 aromatic carbocycles. The van der Waals surface area contributed by atoms with Crippen LogP contribution in [0.1, 0.15) is 25.0 Å². The normalized spacial score (nSPS) is 13.2. The van der Waals surface area contributed by atoms with Crippen LogP contribution in [0.5, 0.6) is 34.5 Å². The molecule has 4 N–H and O–H groups in total. The highest BCUT2D eigenvalue weighted by Gasteiger charge is 2.18. The molecule has 2 aromatic rings. The van der Waals surface area contributed by atoms with Gasteiger partial charge in [0, 0.05) is 0 Å². The summed E-state index contributed by atoms with van der Waals surface area (Å²) in [6, 6.07) is 6.51. The zero-order valence-corrected chi connectivity index (χ0v) is 15.5. The highest BCUT2D eigenvalue weighted by molar-refractivity contribution is 5.53. The predicted molar refractivity (Wildman–Crippen MR) is 98.4 cm³/mol. The predicted octanol–water partition coefficient (Wildman–Crippen LogP) is 3.58. The summed E-state index contributed by atoms with van der Waals surface area (Å²) in [7, 11) is 2.88. The number of hydrogen-bond acceptors (Lipinski definition) is 6. The number of phenols is 4. The van der Waals surface area contributed by atoms with Crippen molar-refractivity contribution < 1.29 is 29.9 Å². The largest absolute Gasteiger partial charge is 0.504 e. The van der Waals surface area contributed by atoms with Gasteiger partial charge in [-0.15, -0.1) is 0 Å². The Morgan fingerprint density at radius 2 is 1.04 bits per heavy atom. The van der Waals surface area contributed by atoms with Gasteiger partial charge < -0.3 is 29.9 Å². The zero-order valence-electron chi connectivity index (χ0n) is 15.5. The summed E-state index contributed by atoms with van der Waals surface area (Å²) in [5.41, 5.74) is 1.73. The van der Waals surface area contributed by atoms with E-state index in [-0.39, 0.29) is 46.3 Å². The first kappa shape index (κ1) is 19.6. The highest BCUT2D eigenvalue weighted by atomic mass is 16.5. The molecule has 6 nitrogen and oxygen atoms in total. The molecule has 142 valence electrons. The van der Waals surface area contributed by atoms with Crippen LogP contribution in [0, 0.1) is 11.8 Å². The molecule has 0 fully saturated rings. The second kappa shape index (κ2) is 8.08. The van der Waals surface area contributed by atoms with Gasteiger partial charge in [0.1, 0.15) is 0 Å². The minimum Gasteiger partial charge on any atom is -0.504 e. The van der Waals surface area contributed by atoms with Crippen LogP contribution in [-0.4, -0.2) is 34.6 Å². The van der Waals surface area contributed by atoms with Crippen LogP contribution in [0.3, 0.4) is 0 Å². The van der Waals surface area contributed by atoms with Crippen LogP contribution in [0.2, 0.25) is 0 Å². The molecule has 0 saturated heterocycles. The van der Waals surface area contributed by atoms with E-state index in [0.717, 1.165) is 11.1 Å². The Hall–Kier alpha value is -2.76. The van der Waals surface area contributed by atoms with Crippen molar-refractivity contribution in [1.82, 2.24) is 0 Å². The molecule has 0 aliphatic rings. The molecule has 0 unspecified atom stereocenters. The van der Waals surface area contributed by atoms with Crippen LogP contribution >= 0.6 is 0 Å². The number of rotatable bonds is 7. The van der Waals surface area contributed by atoms with Gasteiger partial charge in [-0.3, -0.25) is 0 Å². The maximum absolute atomic E-state index is 9.82. The number of aromatic hydroxyl groups is 4. The minimum absolute atomic E-state index is 0.201. The Labute approximate surface area is 153 Å². The number of phenolic OH excluding ortho intramolecular Hbond substituents is 4. The van der Waals surface area contributed by atoms with Crippen molar-refractivity contribution in [2.45, 2.75) is 26.7 Å². The molecular formula is C20H26O6. The second-order valence-corrected chi connectivity index (χ2v) is 6.69. The molecule has 0 bridgehead atoms. The van der Waals surface area contributed by atoms with E-state index >= 15 is 0 Å². The maximum atomic E-state index is 9.82. The summed E-state index contributed by atoms with van der Waals surface area (Å²) in [5, 5.41) is 39.1. The van der Waals surface area contributed by atoms with Gasteiger partial charge in [-0.1, -0.05) is 13.8 Å². The van der Waals surface area contributed by atoms with E-state index in [1.807, 2.05) is 0 Å². The van der Waals surface area contributed by atoms with E-state index in [4.69, 9.17) is 9.47 Å². The van der Waals surface area contributed by atoms with Crippen molar-refractivity contribution in [3.63, 3.8) is 0 Å². The SMILES string of the molecule is COc1cc(C[C@@H](C)[C@@H](C)Cc2cc(O)c(O)c(OC)c2)cc(O)c1O. The molecule has 2 rings (SSSR count). The zero-order chi connectivity index (χ0) is 19.4. The van der Waals surface area contributed by atoms with Crippen LogP contribution in [0.25, 0.3) is 0 Å². The van der Waals surface area contributed by atoms with E-state index < -0.39 is 0 Å². The molecule has 0 amide bonds.